The molecule has 0 saturated carbocycles. The average Bonchev–Trinajstić information content (AvgIpc) is 3.02. The number of nitrogens with two attached hydrogens (primary N) is 1. The van der Waals surface area contributed by atoms with Crippen LogP contribution in [0.5, 0.6) is 0 Å². The number of phosphoric acid groups is 1. The molecule has 7 atom stereocenters. The fourth-order valence-electron chi connectivity index (χ4n) is 3.47. The predicted octanol–water partition coefficient (Wildman–Crippen LogP) is 2.35. The second-order valence-electron chi connectivity index (χ2n) is 8.28. The molecule has 3 unspecified atom stereocenters. The molecule has 0 radical (unpaired) electrons. The molecule has 0 aromatic rings. The van der Waals surface area contributed by atoms with Crippen molar-refractivity contribution < 1.29 is 37.5 Å². The molecular weight excluding hydrogens is 389 g/mol. The summed E-state index contributed by atoms with van der Waals surface area (Å²) in [6.45, 7) is 11.3. The summed E-state index contributed by atoms with van der Waals surface area (Å²) < 4.78 is 46.0. The minimum atomic E-state index is -4.38. The molecule has 0 bridgehead atoms. The summed E-state index contributed by atoms with van der Waals surface area (Å²) in [5, 5.41) is 0. The van der Waals surface area contributed by atoms with E-state index in [2.05, 4.69) is 0 Å². The highest BCUT2D eigenvalue weighted by molar-refractivity contribution is 7.47. The second kappa shape index (κ2) is 9.81. The zero-order valence-corrected chi connectivity index (χ0v) is 18.6. The van der Waals surface area contributed by atoms with Gasteiger partial charge in [-0.05, 0) is 41.5 Å². The van der Waals surface area contributed by atoms with Crippen molar-refractivity contribution in [2.75, 3.05) is 13.2 Å². The largest absolute Gasteiger partial charge is 0.472 e. The number of hydrogen-bond acceptors (Lipinski definition) is 8. The summed E-state index contributed by atoms with van der Waals surface area (Å²) in [6, 6.07) is 0. The van der Waals surface area contributed by atoms with Crippen LogP contribution in [0.1, 0.15) is 54.4 Å². The summed E-state index contributed by atoms with van der Waals surface area (Å²) in [6.07, 6.45) is -0.671. The normalized spacial score (nSPS) is 38.4. The van der Waals surface area contributed by atoms with Crippen molar-refractivity contribution in [3.63, 3.8) is 0 Å². The van der Waals surface area contributed by atoms with Gasteiger partial charge < -0.3 is 23.8 Å². The van der Waals surface area contributed by atoms with Crippen LogP contribution in [0.3, 0.4) is 0 Å². The Labute approximate surface area is 167 Å². The third-order valence-corrected chi connectivity index (χ3v) is 5.65. The van der Waals surface area contributed by atoms with Gasteiger partial charge in [-0.3, -0.25) is 14.8 Å². The highest BCUT2D eigenvalue weighted by Crippen LogP contribution is 2.49. The predicted molar refractivity (Wildman–Crippen MR) is 103 cm³/mol. The lowest BCUT2D eigenvalue weighted by Gasteiger charge is -2.31. The zero-order chi connectivity index (χ0) is 21.1. The first-order valence-electron chi connectivity index (χ1n) is 9.95. The Balaban J connectivity index is 1.93. The van der Waals surface area contributed by atoms with Gasteiger partial charge >= 0.3 is 7.82 Å². The minimum absolute atomic E-state index is 0.00898. The lowest BCUT2D eigenvalue weighted by molar-refractivity contribution is -0.128. The molecule has 2 saturated heterocycles. The van der Waals surface area contributed by atoms with Crippen molar-refractivity contribution in [3.05, 3.63) is 0 Å². The van der Waals surface area contributed by atoms with E-state index in [-0.39, 0.29) is 43.7 Å². The molecular formula is C18H36NO8P. The molecule has 0 amide bonds. The molecule has 3 N–H and O–H groups in total. The van der Waals surface area contributed by atoms with Crippen molar-refractivity contribution in [2.45, 2.75) is 103 Å². The standard InChI is InChI=1S/C18H36NO8P/c1-11(2)22-10-18(19)17(8-14(6)26-18)27-28(20,21)23-9-16-15(24-12(3)4)7-13(5)25-16/h11-17H,7-10,19H2,1-6H3,(H,20,21)/t13-,14-,15?,16?,17+,18+/m0/s1. The first-order chi connectivity index (χ1) is 12.9. The highest BCUT2D eigenvalue weighted by Gasteiger charge is 2.49. The van der Waals surface area contributed by atoms with Crippen LogP contribution >= 0.6 is 7.82 Å². The van der Waals surface area contributed by atoms with E-state index in [9.17, 15) is 9.46 Å². The topological polar surface area (TPSA) is 119 Å². The van der Waals surface area contributed by atoms with Crippen LogP contribution in [0.2, 0.25) is 0 Å². The Hall–Kier alpha value is -0.0900. The summed E-state index contributed by atoms with van der Waals surface area (Å²) in [5.41, 5.74) is 4.95. The van der Waals surface area contributed by atoms with Gasteiger partial charge in [0.2, 0.25) is 0 Å². The monoisotopic (exact) mass is 425 g/mol. The number of hydrogen-bond donors (Lipinski definition) is 2. The van der Waals surface area contributed by atoms with E-state index in [1.54, 1.807) is 0 Å². The number of rotatable bonds is 10. The summed E-state index contributed by atoms with van der Waals surface area (Å²) in [4.78, 5) is 10.2. The molecule has 0 aromatic carbocycles. The van der Waals surface area contributed by atoms with Crippen molar-refractivity contribution in [1.29, 1.82) is 0 Å². The van der Waals surface area contributed by atoms with Crippen LogP contribution in [-0.4, -0.2) is 66.6 Å². The van der Waals surface area contributed by atoms with E-state index in [4.69, 9.17) is 33.7 Å². The van der Waals surface area contributed by atoms with Crippen LogP contribution in [0.15, 0.2) is 0 Å². The van der Waals surface area contributed by atoms with E-state index >= 15 is 0 Å². The van der Waals surface area contributed by atoms with Gasteiger partial charge in [0.25, 0.3) is 0 Å². The maximum atomic E-state index is 12.5. The van der Waals surface area contributed by atoms with E-state index in [1.165, 1.54) is 0 Å². The summed E-state index contributed by atoms with van der Waals surface area (Å²) in [5.74, 6) is 0. The van der Waals surface area contributed by atoms with Crippen molar-refractivity contribution in [3.8, 4) is 0 Å². The first-order valence-corrected chi connectivity index (χ1v) is 11.4. The van der Waals surface area contributed by atoms with Gasteiger partial charge in [0.15, 0.2) is 5.72 Å². The average molecular weight is 425 g/mol. The Kier molecular flexibility index (Phi) is 8.47. The molecule has 2 heterocycles. The molecule has 2 aliphatic rings. The van der Waals surface area contributed by atoms with Gasteiger partial charge in [-0.1, -0.05) is 0 Å². The third kappa shape index (κ3) is 7.00. The molecule has 166 valence electrons. The highest BCUT2D eigenvalue weighted by atomic mass is 31.2. The van der Waals surface area contributed by atoms with Crippen molar-refractivity contribution in [1.82, 2.24) is 0 Å². The smallest absolute Gasteiger partial charge is 0.374 e. The molecule has 2 fully saturated rings. The zero-order valence-electron chi connectivity index (χ0n) is 17.7. The SMILES string of the molecule is CC(C)OC[C@@]1(N)O[C@@H](C)C[C@H]1OP(=O)(O)OCC1O[C@@H](C)CC1OC(C)C. The van der Waals surface area contributed by atoms with Gasteiger partial charge in [-0.25, -0.2) is 4.57 Å². The minimum Gasteiger partial charge on any atom is -0.374 e. The van der Waals surface area contributed by atoms with Gasteiger partial charge in [-0.15, -0.1) is 0 Å². The third-order valence-electron chi connectivity index (χ3n) is 4.65. The Morgan fingerprint density at radius 2 is 1.86 bits per heavy atom. The van der Waals surface area contributed by atoms with Crippen LogP contribution in [0.25, 0.3) is 0 Å². The Morgan fingerprint density at radius 1 is 1.18 bits per heavy atom. The van der Waals surface area contributed by atoms with Crippen LogP contribution < -0.4 is 5.73 Å². The molecule has 2 aliphatic heterocycles. The molecule has 0 aromatic heterocycles. The molecule has 10 heteroatoms. The fourth-order valence-corrected chi connectivity index (χ4v) is 4.46. The number of ether oxygens (including phenoxy) is 4. The van der Waals surface area contributed by atoms with E-state index in [0.29, 0.717) is 12.8 Å². The van der Waals surface area contributed by atoms with E-state index in [1.807, 2.05) is 41.5 Å². The summed E-state index contributed by atoms with van der Waals surface area (Å²) >= 11 is 0. The van der Waals surface area contributed by atoms with Crippen molar-refractivity contribution in [2.24, 2.45) is 5.73 Å². The van der Waals surface area contributed by atoms with Gasteiger partial charge in [-0.2, -0.15) is 0 Å². The van der Waals surface area contributed by atoms with Crippen molar-refractivity contribution >= 4 is 7.82 Å². The summed E-state index contributed by atoms with van der Waals surface area (Å²) in [7, 11) is -4.38. The fraction of sp³-hybridized carbons (Fsp3) is 1.00. The lowest BCUT2D eigenvalue weighted by atomic mass is 10.1. The first kappa shape index (κ1) is 24.2. The maximum Gasteiger partial charge on any atom is 0.472 e. The van der Waals surface area contributed by atoms with Crippen LogP contribution in [0, 0.1) is 0 Å². The molecule has 0 aliphatic carbocycles. The van der Waals surface area contributed by atoms with Gasteiger partial charge in [0.05, 0.1) is 43.7 Å². The molecule has 0 spiro atoms. The van der Waals surface area contributed by atoms with Gasteiger partial charge in [0, 0.05) is 12.8 Å². The van der Waals surface area contributed by atoms with Crippen LogP contribution in [-0.2, 0) is 32.6 Å². The van der Waals surface area contributed by atoms with Crippen LogP contribution in [0.4, 0.5) is 0 Å². The quantitative estimate of drug-likeness (QED) is 0.508. The van der Waals surface area contributed by atoms with E-state index < -0.39 is 25.8 Å². The number of phosphoric ester groups is 1. The Bertz CT molecular complexity index is 548. The second-order valence-corrected chi connectivity index (χ2v) is 9.69. The molecule has 2 rings (SSSR count). The van der Waals surface area contributed by atoms with E-state index in [0.717, 1.165) is 0 Å². The van der Waals surface area contributed by atoms with Gasteiger partial charge in [0.1, 0.15) is 12.2 Å². The molecule has 9 nitrogen and oxygen atoms in total. The maximum absolute atomic E-state index is 12.5. The molecule has 28 heavy (non-hydrogen) atoms. The Morgan fingerprint density at radius 3 is 2.46 bits per heavy atom. The lowest BCUT2D eigenvalue weighted by Crippen LogP contribution is -2.53.